The first-order valence-electron chi connectivity index (χ1n) is 9.61. The number of thiophene rings is 1. The number of benzene rings is 1. The van der Waals surface area contributed by atoms with Crippen LogP contribution in [0.2, 0.25) is 0 Å². The Morgan fingerprint density at radius 3 is 2.81 bits per heavy atom. The molecule has 2 amide bonds. The van der Waals surface area contributed by atoms with Crippen LogP contribution in [0, 0.1) is 6.92 Å². The second-order valence-electron chi connectivity index (χ2n) is 7.48. The number of anilines is 2. The van der Waals surface area contributed by atoms with Crippen LogP contribution < -0.4 is 16.0 Å². The highest BCUT2D eigenvalue weighted by Crippen LogP contribution is 2.38. The number of aryl methyl sites for hydroxylation is 3. The fourth-order valence-electron chi connectivity index (χ4n) is 4.22. The van der Waals surface area contributed by atoms with Crippen LogP contribution in [0.5, 0.6) is 0 Å². The van der Waals surface area contributed by atoms with E-state index >= 15 is 0 Å². The predicted molar refractivity (Wildman–Crippen MR) is 110 cm³/mol. The summed E-state index contributed by atoms with van der Waals surface area (Å²) in [4.78, 5) is 28.1. The molecule has 1 aromatic heterocycles. The van der Waals surface area contributed by atoms with Crippen LogP contribution in [-0.4, -0.2) is 24.9 Å². The van der Waals surface area contributed by atoms with E-state index in [2.05, 4.69) is 35.3 Å². The summed E-state index contributed by atoms with van der Waals surface area (Å²) in [7, 11) is 0. The zero-order valence-corrected chi connectivity index (χ0v) is 16.5. The van der Waals surface area contributed by atoms with Crippen LogP contribution in [0.3, 0.4) is 0 Å². The smallest absolute Gasteiger partial charge is 0.251 e. The maximum absolute atomic E-state index is 12.7. The first-order chi connectivity index (χ1) is 13.0. The topological polar surface area (TPSA) is 75.4 Å². The zero-order chi connectivity index (χ0) is 19.0. The molecule has 3 N–H and O–H groups in total. The van der Waals surface area contributed by atoms with Gasteiger partial charge in [-0.3, -0.25) is 9.59 Å². The number of carbonyl (C=O) groups excluding carboxylic acids is 2. The number of carbonyl (C=O) groups is 2. The lowest BCUT2D eigenvalue weighted by molar-refractivity contribution is -0.115. The van der Waals surface area contributed by atoms with Gasteiger partial charge in [0.05, 0.1) is 12.1 Å². The molecule has 0 unspecified atom stereocenters. The van der Waals surface area contributed by atoms with Crippen molar-refractivity contribution in [3.8, 4) is 0 Å². The number of amides is 2. The average molecular weight is 384 g/mol. The molecule has 0 spiro atoms. The summed E-state index contributed by atoms with van der Waals surface area (Å²) >= 11 is 1.52. The number of hydrogen-bond acceptors (Lipinski definition) is 4. The number of hydrogen-bond donors (Lipinski definition) is 2. The minimum Gasteiger partial charge on any atom is -0.365 e. The highest BCUT2D eigenvalue weighted by atomic mass is 32.1. The lowest BCUT2D eigenvalue weighted by atomic mass is 9.95. The van der Waals surface area contributed by atoms with Crippen LogP contribution in [0.4, 0.5) is 10.7 Å². The number of nitrogens with two attached hydrogens (primary N) is 1. The Morgan fingerprint density at radius 2 is 2.00 bits per heavy atom. The van der Waals surface area contributed by atoms with Crippen molar-refractivity contribution in [3.05, 3.63) is 45.3 Å². The molecule has 4 rings (SSSR count). The third kappa shape index (κ3) is 3.58. The van der Waals surface area contributed by atoms with Crippen LogP contribution in [0.15, 0.2) is 18.2 Å². The molecule has 0 atom stereocenters. The number of primary amides is 1. The van der Waals surface area contributed by atoms with Crippen LogP contribution in [0.1, 0.15) is 51.2 Å². The van der Waals surface area contributed by atoms with E-state index in [4.69, 9.17) is 5.73 Å². The fourth-order valence-corrected chi connectivity index (χ4v) is 5.53. The standard InChI is InChI=1S/C21H25N3O2S/c1-13-8-9-16-14(11-13)5-4-10-24(16)12-18(25)23-21-19(20(22)26)15-6-2-3-7-17(15)27-21/h8-9,11H,2-7,10,12H2,1H3,(H2,22,26)(H,23,25). The van der Waals surface area contributed by atoms with Gasteiger partial charge >= 0.3 is 0 Å². The van der Waals surface area contributed by atoms with Crippen molar-refractivity contribution in [2.75, 3.05) is 23.3 Å². The van der Waals surface area contributed by atoms with Crippen molar-refractivity contribution >= 4 is 33.8 Å². The fraction of sp³-hybridized carbons (Fsp3) is 0.429. The molecule has 142 valence electrons. The van der Waals surface area contributed by atoms with E-state index in [-0.39, 0.29) is 12.5 Å². The molecule has 0 fully saturated rings. The first kappa shape index (κ1) is 18.0. The SMILES string of the molecule is Cc1ccc2c(c1)CCCN2CC(=O)Nc1sc2c(c1C(N)=O)CCCC2. The molecular weight excluding hydrogens is 358 g/mol. The Hall–Kier alpha value is -2.34. The molecule has 1 aromatic carbocycles. The lowest BCUT2D eigenvalue weighted by Crippen LogP contribution is -2.37. The van der Waals surface area contributed by atoms with Gasteiger partial charge < -0.3 is 16.0 Å². The number of fused-ring (bicyclic) bond motifs is 2. The summed E-state index contributed by atoms with van der Waals surface area (Å²) in [6.45, 7) is 3.25. The van der Waals surface area contributed by atoms with Crippen molar-refractivity contribution in [3.63, 3.8) is 0 Å². The van der Waals surface area contributed by atoms with E-state index < -0.39 is 5.91 Å². The second kappa shape index (κ2) is 7.35. The molecule has 0 radical (unpaired) electrons. The minimum atomic E-state index is -0.441. The molecule has 0 saturated carbocycles. The maximum atomic E-state index is 12.7. The van der Waals surface area contributed by atoms with Gasteiger partial charge in [0.25, 0.3) is 5.91 Å². The average Bonchev–Trinajstić information content (AvgIpc) is 2.99. The Labute approximate surface area is 163 Å². The Bertz CT molecular complexity index is 903. The Kier molecular flexibility index (Phi) is 4.91. The molecule has 6 heteroatoms. The van der Waals surface area contributed by atoms with Gasteiger partial charge in [0.15, 0.2) is 0 Å². The molecule has 1 aliphatic carbocycles. The predicted octanol–water partition coefficient (Wildman–Crippen LogP) is 3.43. The first-order valence-corrected chi connectivity index (χ1v) is 10.4. The van der Waals surface area contributed by atoms with Gasteiger partial charge in [-0.05, 0) is 62.6 Å². The van der Waals surface area contributed by atoms with Gasteiger partial charge in [-0.25, -0.2) is 0 Å². The quantitative estimate of drug-likeness (QED) is 0.849. The summed E-state index contributed by atoms with van der Waals surface area (Å²) in [5.74, 6) is -0.534. The van der Waals surface area contributed by atoms with Crippen LogP contribution in [-0.2, 0) is 24.1 Å². The number of nitrogens with one attached hydrogen (secondary N) is 1. The van der Waals surface area contributed by atoms with Crippen molar-refractivity contribution in [2.24, 2.45) is 5.73 Å². The van der Waals surface area contributed by atoms with Crippen molar-refractivity contribution < 1.29 is 9.59 Å². The molecule has 5 nitrogen and oxygen atoms in total. The van der Waals surface area contributed by atoms with Crippen molar-refractivity contribution in [1.82, 2.24) is 0 Å². The maximum Gasteiger partial charge on any atom is 0.251 e. The van der Waals surface area contributed by atoms with E-state index in [1.807, 2.05) is 0 Å². The van der Waals surface area contributed by atoms with Gasteiger partial charge in [-0.2, -0.15) is 0 Å². The summed E-state index contributed by atoms with van der Waals surface area (Å²) in [6, 6.07) is 6.40. The minimum absolute atomic E-state index is 0.0930. The van der Waals surface area contributed by atoms with E-state index in [0.717, 1.165) is 56.3 Å². The molecular formula is C21H25N3O2S. The third-order valence-electron chi connectivity index (χ3n) is 5.45. The van der Waals surface area contributed by atoms with Crippen molar-refractivity contribution in [2.45, 2.75) is 45.4 Å². The molecule has 2 aliphatic rings. The summed E-state index contributed by atoms with van der Waals surface area (Å²) in [6.07, 6.45) is 6.14. The summed E-state index contributed by atoms with van der Waals surface area (Å²) < 4.78 is 0. The van der Waals surface area contributed by atoms with Crippen LogP contribution >= 0.6 is 11.3 Å². The van der Waals surface area contributed by atoms with Gasteiger partial charge in [-0.1, -0.05) is 17.7 Å². The summed E-state index contributed by atoms with van der Waals surface area (Å²) in [5, 5.41) is 3.60. The molecule has 0 saturated heterocycles. The van der Waals surface area contributed by atoms with Gasteiger partial charge in [0.1, 0.15) is 5.00 Å². The lowest BCUT2D eigenvalue weighted by Gasteiger charge is -2.31. The number of nitrogens with zero attached hydrogens (tertiary/aromatic N) is 1. The molecule has 1 aliphatic heterocycles. The monoisotopic (exact) mass is 383 g/mol. The van der Waals surface area contributed by atoms with E-state index in [1.54, 1.807) is 0 Å². The second-order valence-corrected chi connectivity index (χ2v) is 8.59. The largest absolute Gasteiger partial charge is 0.365 e. The molecule has 2 aromatic rings. The molecule has 0 bridgehead atoms. The van der Waals surface area contributed by atoms with Gasteiger partial charge in [-0.15, -0.1) is 11.3 Å². The van der Waals surface area contributed by atoms with E-state index in [1.165, 1.54) is 27.3 Å². The molecule has 27 heavy (non-hydrogen) atoms. The van der Waals surface area contributed by atoms with Crippen LogP contribution in [0.25, 0.3) is 0 Å². The molecule has 2 heterocycles. The van der Waals surface area contributed by atoms with Gasteiger partial charge in [0, 0.05) is 17.1 Å². The highest BCUT2D eigenvalue weighted by molar-refractivity contribution is 7.17. The van der Waals surface area contributed by atoms with Gasteiger partial charge in [0.2, 0.25) is 5.91 Å². The van der Waals surface area contributed by atoms with E-state index in [9.17, 15) is 9.59 Å². The third-order valence-corrected chi connectivity index (χ3v) is 6.66. The van der Waals surface area contributed by atoms with Crippen molar-refractivity contribution in [1.29, 1.82) is 0 Å². The highest BCUT2D eigenvalue weighted by Gasteiger charge is 2.26. The summed E-state index contributed by atoms with van der Waals surface area (Å²) in [5.41, 5.74) is 10.9. The Balaban J connectivity index is 1.53. The zero-order valence-electron chi connectivity index (χ0n) is 15.6. The normalized spacial score (nSPS) is 15.8. The number of rotatable bonds is 4. The van der Waals surface area contributed by atoms with E-state index in [0.29, 0.717) is 10.6 Å². The Morgan fingerprint density at radius 1 is 1.19 bits per heavy atom.